The van der Waals surface area contributed by atoms with E-state index in [1.807, 2.05) is 54.6 Å². The van der Waals surface area contributed by atoms with E-state index >= 15 is 0 Å². The fraction of sp³-hybridized carbons (Fsp3) is 0.176. The summed E-state index contributed by atoms with van der Waals surface area (Å²) in [7, 11) is 3.06. The number of hydrogen-bond donors (Lipinski definition) is 1. The Morgan fingerprint density at radius 3 is 2.36 bits per heavy atom. The third-order valence-electron chi connectivity index (χ3n) is 8.20. The van der Waals surface area contributed by atoms with Crippen molar-refractivity contribution in [3.8, 4) is 11.5 Å². The van der Waals surface area contributed by atoms with E-state index in [0.29, 0.717) is 38.3 Å². The van der Waals surface area contributed by atoms with Crippen LogP contribution in [-0.4, -0.2) is 41.8 Å². The maximum Gasteiger partial charge on any atom is 0.308 e. The molecule has 9 nitrogen and oxygen atoms in total. The first kappa shape index (κ1) is 28.9. The zero-order chi connectivity index (χ0) is 31.2. The number of thiazole rings is 1. The van der Waals surface area contributed by atoms with E-state index in [-0.39, 0.29) is 29.1 Å². The van der Waals surface area contributed by atoms with Gasteiger partial charge in [0, 0.05) is 21.9 Å². The maximum absolute atomic E-state index is 14.1. The molecule has 2 aliphatic rings. The molecule has 0 unspecified atom stereocenters. The number of amides is 3. The van der Waals surface area contributed by atoms with Crippen LogP contribution >= 0.6 is 23.1 Å². The monoisotopic (exact) mass is 637 g/mol. The molecule has 0 aliphatic carbocycles. The largest absolute Gasteiger partial charge is 0.493 e. The van der Waals surface area contributed by atoms with Gasteiger partial charge in [0.1, 0.15) is 11.8 Å². The summed E-state index contributed by atoms with van der Waals surface area (Å²) < 4.78 is 12.4. The van der Waals surface area contributed by atoms with E-state index < -0.39 is 17.1 Å². The molecule has 226 valence electrons. The van der Waals surface area contributed by atoms with Crippen LogP contribution in [0.15, 0.2) is 101 Å². The van der Waals surface area contributed by atoms with Crippen LogP contribution in [0.25, 0.3) is 10.8 Å². The Hall–Kier alpha value is -4.87. The number of para-hydroxylation sites is 1. The van der Waals surface area contributed by atoms with Gasteiger partial charge < -0.3 is 14.8 Å². The average Bonchev–Trinajstić information content (AvgIpc) is 3.51. The van der Waals surface area contributed by atoms with Crippen LogP contribution in [-0.2, 0) is 20.9 Å². The van der Waals surface area contributed by atoms with Crippen LogP contribution < -0.4 is 24.6 Å². The van der Waals surface area contributed by atoms with E-state index in [4.69, 9.17) is 9.47 Å². The first-order valence-corrected chi connectivity index (χ1v) is 15.9. The van der Waals surface area contributed by atoms with Gasteiger partial charge in [0.05, 0.1) is 30.9 Å². The Bertz CT molecular complexity index is 2030. The molecule has 1 aromatic heterocycles. The van der Waals surface area contributed by atoms with Crippen LogP contribution in [0.5, 0.6) is 11.5 Å². The number of nitrogens with zero attached hydrogens (tertiary/aromatic N) is 2. The van der Waals surface area contributed by atoms with Crippen molar-refractivity contribution in [1.29, 1.82) is 0 Å². The van der Waals surface area contributed by atoms with Gasteiger partial charge >= 0.3 is 4.87 Å². The molecule has 1 N–H and O–H groups in total. The number of thioether (sulfide) groups is 1. The Labute approximate surface area is 266 Å². The lowest BCUT2D eigenvalue weighted by Crippen LogP contribution is -2.33. The fourth-order valence-corrected chi connectivity index (χ4v) is 8.93. The Morgan fingerprint density at radius 2 is 1.58 bits per heavy atom. The van der Waals surface area contributed by atoms with Crippen LogP contribution in [0.1, 0.15) is 16.4 Å². The van der Waals surface area contributed by atoms with Crippen LogP contribution in [0, 0.1) is 5.92 Å². The summed E-state index contributed by atoms with van der Waals surface area (Å²) in [5.74, 6) is -1.50. The first-order chi connectivity index (χ1) is 21.9. The second-order valence-electron chi connectivity index (χ2n) is 10.7. The number of benzene rings is 4. The highest BCUT2D eigenvalue weighted by Gasteiger charge is 2.57. The van der Waals surface area contributed by atoms with Crippen molar-refractivity contribution < 1.29 is 23.9 Å². The van der Waals surface area contributed by atoms with Gasteiger partial charge in [-0.25, -0.2) is 4.90 Å². The van der Waals surface area contributed by atoms with E-state index in [1.165, 1.54) is 35.4 Å². The van der Waals surface area contributed by atoms with E-state index in [1.54, 1.807) is 36.4 Å². The molecule has 3 atom stereocenters. The van der Waals surface area contributed by atoms with Gasteiger partial charge in [-0.05, 0) is 41.3 Å². The van der Waals surface area contributed by atoms with Gasteiger partial charge in [0.25, 0.3) is 0 Å². The summed E-state index contributed by atoms with van der Waals surface area (Å²) in [6.45, 7) is -0.249. The number of carbonyl (C=O) groups excluding carboxylic acids is 3. The predicted octanol–water partition coefficient (Wildman–Crippen LogP) is 5.51. The zero-order valence-corrected chi connectivity index (χ0v) is 25.9. The van der Waals surface area contributed by atoms with Crippen molar-refractivity contribution in [2.45, 2.75) is 22.7 Å². The van der Waals surface area contributed by atoms with Crippen molar-refractivity contribution in [3.63, 3.8) is 0 Å². The summed E-state index contributed by atoms with van der Waals surface area (Å²) in [5.41, 5.74) is 1.83. The maximum atomic E-state index is 14.1. The van der Waals surface area contributed by atoms with Gasteiger partial charge in [0.2, 0.25) is 17.7 Å². The summed E-state index contributed by atoms with van der Waals surface area (Å²) in [4.78, 5) is 56.5. The van der Waals surface area contributed by atoms with Gasteiger partial charge in [-0.15, -0.1) is 0 Å². The number of hydrogen-bond acceptors (Lipinski definition) is 8. The molecule has 0 bridgehead atoms. The number of anilines is 2. The van der Waals surface area contributed by atoms with Crippen LogP contribution in [0.3, 0.4) is 0 Å². The molecular formula is C34H27N3O6S2. The summed E-state index contributed by atoms with van der Waals surface area (Å²) >= 11 is 2.17. The highest BCUT2D eigenvalue weighted by Crippen LogP contribution is 2.54. The quantitative estimate of drug-likeness (QED) is 0.235. The lowest BCUT2D eigenvalue weighted by Gasteiger charge is -2.31. The van der Waals surface area contributed by atoms with Gasteiger partial charge in [-0.3, -0.25) is 23.7 Å². The van der Waals surface area contributed by atoms with E-state index in [9.17, 15) is 19.2 Å². The number of methoxy groups -OCH3 is 2. The number of nitrogens with one attached hydrogen (secondary N) is 1. The summed E-state index contributed by atoms with van der Waals surface area (Å²) in [6.07, 6.45) is 0. The SMILES string of the molecule is COc1ccc([C@@H]2c3sc(=O)n(CC(=O)Nc4cccc5ccccc45)c3S[C@H]3C(=O)N(c4ccccc4)C(=O)[C@@H]23)cc1OC. The fourth-order valence-electron chi connectivity index (χ4n) is 6.16. The Balaban J connectivity index is 1.30. The highest BCUT2D eigenvalue weighted by molar-refractivity contribution is 8.00. The molecule has 11 heteroatoms. The number of rotatable bonds is 7. The molecule has 45 heavy (non-hydrogen) atoms. The molecule has 3 amide bonds. The molecule has 0 saturated carbocycles. The van der Waals surface area contributed by atoms with Crippen molar-refractivity contribution in [2.75, 3.05) is 24.4 Å². The number of fused-ring (bicyclic) bond motifs is 3. The third kappa shape index (κ3) is 4.88. The second kappa shape index (κ2) is 11.6. The van der Waals surface area contributed by atoms with Crippen molar-refractivity contribution in [2.24, 2.45) is 5.92 Å². The average molecular weight is 638 g/mol. The van der Waals surface area contributed by atoms with Crippen LogP contribution in [0.4, 0.5) is 11.4 Å². The molecule has 4 aromatic carbocycles. The van der Waals surface area contributed by atoms with E-state index in [0.717, 1.165) is 22.1 Å². The standard InChI is InChI=1S/C34H27N3O6S2/c1-42-24-16-15-20(17-25(24)43-2)27-28-29(32(40)37(31(28)39)21-11-4-3-5-12-21)44-33-30(27)45-34(41)36(33)18-26(38)35-23-14-8-10-19-9-6-7-13-22(19)23/h3-17,27-29H,18H2,1-2H3,(H,35,38)/t27-,28-,29+/m0/s1. The highest BCUT2D eigenvalue weighted by atomic mass is 32.2. The number of aromatic nitrogens is 1. The van der Waals surface area contributed by atoms with Gasteiger partial charge in [0.15, 0.2) is 11.5 Å². The van der Waals surface area contributed by atoms with E-state index in [2.05, 4.69) is 5.32 Å². The minimum absolute atomic E-state index is 0.249. The van der Waals surface area contributed by atoms with Gasteiger partial charge in [-0.1, -0.05) is 83.8 Å². The minimum atomic E-state index is -0.801. The minimum Gasteiger partial charge on any atom is -0.493 e. The summed E-state index contributed by atoms with van der Waals surface area (Å²) in [6, 6.07) is 27.6. The van der Waals surface area contributed by atoms with Crippen molar-refractivity contribution in [3.05, 3.63) is 111 Å². The molecule has 1 fully saturated rings. The zero-order valence-electron chi connectivity index (χ0n) is 24.3. The molecule has 0 spiro atoms. The predicted molar refractivity (Wildman–Crippen MR) is 175 cm³/mol. The van der Waals surface area contributed by atoms with Crippen LogP contribution in [0.2, 0.25) is 0 Å². The third-order valence-corrected chi connectivity index (χ3v) is 10.8. The second-order valence-corrected chi connectivity index (χ2v) is 12.8. The van der Waals surface area contributed by atoms with Crippen molar-refractivity contribution in [1.82, 2.24) is 4.57 Å². The first-order valence-electron chi connectivity index (χ1n) is 14.2. The number of carbonyl (C=O) groups is 3. The number of imide groups is 1. The van der Waals surface area contributed by atoms with Gasteiger partial charge in [-0.2, -0.15) is 0 Å². The molecule has 0 radical (unpaired) electrons. The molecule has 1 saturated heterocycles. The normalized spacial score (nSPS) is 18.9. The van der Waals surface area contributed by atoms with Crippen molar-refractivity contribution >= 4 is 63.0 Å². The summed E-state index contributed by atoms with van der Waals surface area (Å²) in [5, 5.41) is 4.53. The lowest BCUT2D eigenvalue weighted by atomic mass is 9.83. The Kier molecular flexibility index (Phi) is 7.42. The molecule has 5 aromatic rings. The molecule has 7 rings (SSSR count). The Morgan fingerprint density at radius 1 is 0.844 bits per heavy atom. The lowest BCUT2D eigenvalue weighted by molar-refractivity contribution is -0.122. The number of ether oxygens (including phenoxy) is 2. The topological polar surface area (TPSA) is 107 Å². The molecule has 2 aliphatic heterocycles. The molecular weight excluding hydrogens is 611 g/mol. The molecule has 3 heterocycles. The smallest absolute Gasteiger partial charge is 0.308 e.